The van der Waals surface area contributed by atoms with Gasteiger partial charge in [0, 0.05) is 18.7 Å². The van der Waals surface area contributed by atoms with Gasteiger partial charge in [0.25, 0.3) is 0 Å². The van der Waals surface area contributed by atoms with Gasteiger partial charge in [-0.05, 0) is 38.0 Å². The Bertz CT molecular complexity index is 412. The van der Waals surface area contributed by atoms with Crippen LogP contribution in [-0.2, 0) is 9.53 Å². The lowest BCUT2D eigenvalue weighted by atomic mass is 10.2. The molecule has 0 atom stereocenters. The fourth-order valence-corrected chi connectivity index (χ4v) is 1.82. The van der Waals surface area contributed by atoms with E-state index in [1.165, 1.54) is 6.07 Å². The van der Waals surface area contributed by atoms with E-state index < -0.39 is 5.82 Å². The zero-order valence-corrected chi connectivity index (χ0v) is 11.8. The molecule has 0 aliphatic carbocycles. The Kier molecular flexibility index (Phi) is 7.26. The Morgan fingerprint density at radius 1 is 1.37 bits per heavy atom. The molecule has 19 heavy (non-hydrogen) atoms. The number of nitrogens with one attached hydrogen (secondary N) is 1. The third-order valence-electron chi connectivity index (χ3n) is 2.61. The summed E-state index contributed by atoms with van der Waals surface area (Å²) < 4.78 is 17.8. The van der Waals surface area contributed by atoms with Gasteiger partial charge in [0.1, 0.15) is 5.82 Å². The fraction of sp³-hybridized carbons (Fsp3) is 0.500. The molecule has 3 nitrogen and oxygen atoms in total. The van der Waals surface area contributed by atoms with Crippen molar-refractivity contribution in [3.63, 3.8) is 0 Å². The van der Waals surface area contributed by atoms with Gasteiger partial charge in [-0.2, -0.15) is 0 Å². The van der Waals surface area contributed by atoms with Gasteiger partial charge in [-0.15, -0.1) is 0 Å². The van der Waals surface area contributed by atoms with Crippen LogP contribution in [0.3, 0.4) is 0 Å². The first-order valence-electron chi connectivity index (χ1n) is 6.48. The van der Waals surface area contributed by atoms with Crippen LogP contribution in [0.4, 0.5) is 10.1 Å². The standard InChI is InChI=1S/C14H19ClFNO2/c1-2-19-14(18)6-4-3-5-9-17-11-7-8-13(16)12(15)10-11/h7-8,10,17H,2-6,9H2,1H3. The zero-order valence-electron chi connectivity index (χ0n) is 11.0. The molecule has 0 saturated carbocycles. The minimum absolute atomic E-state index is 0.118. The van der Waals surface area contributed by atoms with Crippen molar-refractivity contribution in [1.29, 1.82) is 0 Å². The van der Waals surface area contributed by atoms with E-state index in [-0.39, 0.29) is 11.0 Å². The number of halogens is 2. The molecule has 0 aliphatic heterocycles. The minimum atomic E-state index is -0.415. The molecule has 1 rings (SSSR count). The average molecular weight is 288 g/mol. The summed E-state index contributed by atoms with van der Waals surface area (Å²) in [7, 11) is 0. The maximum atomic E-state index is 12.9. The quantitative estimate of drug-likeness (QED) is 0.580. The van der Waals surface area contributed by atoms with Crippen LogP contribution >= 0.6 is 11.6 Å². The molecule has 1 aromatic carbocycles. The van der Waals surface area contributed by atoms with E-state index in [4.69, 9.17) is 16.3 Å². The van der Waals surface area contributed by atoms with Gasteiger partial charge in [-0.3, -0.25) is 4.79 Å². The second kappa shape index (κ2) is 8.75. The van der Waals surface area contributed by atoms with Crippen LogP contribution < -0.4 is 5.32 Å². The molecule has 0 radical (unpaired) electrons. The number of benzene rings is 1. The largest absolute Gasteiger partial charge is 0.466 e. The van der Waals surface area contributed by atoms with E-state index in [9.17, 15) is 9.18 Å². The number of hydrogen-bond acceptors (Lipinski definition) is 3. The number of esters is 1. The Morgan fingerprint density at radius 3 is 2.84 bits per heavy atom. The van der Waals surface area contributed by atoms with Crippen molar-refractivity contribution >= 4 is 23.3 Å². The molecule has 0 spiro atoms. The van der Waals surface area contributed by atoms with Crippen LogP contribution in [0.2, 0.25) is 5.02 Å². The summed E-state index contributed by atoms with van der Waals surface area (Å²) in [6.45, 7) is 3.01. The lowest BCUT2D eigenvalue weighted by molar-refractivity contribution is -0.143. The van der Waals surface area contributed by atoms with E-state index >= 15 is 0 Å². The number of rotatable bonds is 8. The number of carbonyl (C=O) groups excluding carboxylic acids is 1. The summed E-state index contributed by atoms with van der Waals surface area (Å²) in [4.78, 5) is 11.1. The summed E-state index contributed by atoms with van der Waals surface area (Å²) in [5.74, 6) is -0.553. The number of ether oxygens (including phenoxy) is 1. The van der Waals surface area contributed by atoms with Gasteiger partial charge in [-0.25, -0.2) is 4.39 Å². The van der Waals surface area contributed by atoms with E-state index in [1.807, 2.05) is 0 Å². The normalized spacial score (nSPS) is 10.3. The summed E-state index contributed by atoms with van der Waals surface area (Å²) in [5, 5.41) is 3.28. The zero-order chi connectivity index (χ0) is 14.1. The molecule has 0 fully saturated rings. The molecule has 0 aromatic heterocycles. The van der Waals surface area contributed by atoms with Crippen LogP contribution in [-0.4, -0.2) is 19.1 Å². The van der Waals surface area contributed by atoms with Crippen LogP contribution in [0.5, 0.6) is 0 Å². The summed E-state index contributed by atoms with van der Waals surface area (Å²) >= 11 is 5.67. The summed E-state index contributed by atoms with van der Waals surface area (Å²) in [6, 6.07) is 4.56. The molecule has 0 bridgehead atoms. The van der Waals surface area contributed by atoms with Crippen molar-refractivity contribution in [2.24, 2.45) is 0 Å². The molecular formula is C14H19ClFNO2. The first-order chi connectivity index (χ1) is 9.13. The number of anilines is 1. The molecule has 5 heteroatoms. The third-order valence-corrected chi connectivity index (χ3v) is 2.90. The lowest BCUT2D eigenvalue weighted by Gasteiger charge is -2.07. The van der Waals surface area contributed by atoms with Gasteiger partial charge in [0.15, 0.2) is 0 Å². The van der Waals surface area contributed by atoms with E-state index in [2.05, 4.69) is 5.32 Å². The van der Waals surface area contributed by atoms with E-state index in [1.54, 1.807) is 19.1 Å². The van der Waals surface area contributed by atoms with Gasteiger partial charge in [0.05, 0.1) is 11.6 Å². The molecule has 0 amide bonds. The van der Waals surface area contributed by atoms with Crippen molar-refractivity contribution in [3.8, 4) is 0 Å². The number of carbonyl (C=O) groups is 1. The fourth-order valence-electron chi connectivity index (χ4n) is 1.64. The highest BCUT2D eigenvalue weighted by Gasteiger charge is 2.02. The Hall–Kier alpha value is -1.29. The maximum Gasteiger partial charge on any atom is 0.305 e. The molecular weight excluding hydrogens is 269 g/mol. The molecule has 106 valence electrons. The van der Waals surface area contributed by atoms with Crippen molar-refractivity contribution in [2.75, 3.05) is 18.5 Å². The number of hydrogen-bond donors (Lipinski definition) is 1. The van der Waals surface area contributed by atoms with Crippen LogP contribution in [0.1, 0.15) is 32.6 Å². The second-order valence-electron chi connectivity index (χ2n) is 4.17. The molecule has 1 aromatic rings. The molecule has 0 saturated heterocycles. The lowest BCUT2D eigenvalue weighted by Crippen LogP contribution is -2.05. The van der Waals surface area contributed by atoms with E-state index in [0.717, 1.165) is 31.5 Å². The Labute approximate surface area is 118 Å². The third kappa shape index (κ3) is 6.43. The van der Waals surface area contributed by atoms with Gasteiger partial charge in [-0.1, -0.05) is 18.0 Å². The average Bonchev–Trinajstić information content (AvgIpc) is 2.38. The summed E-state index contributed by atoms with van der Waals surface area (Å²) in [5.41, 5.74) is 0.803. The highest BCUT2D eigenvalue weighted by Crippen LogP contribution is 2.19. The van der Waals surface area contributed by atoms with Crippen LogP contribution in [0, 0.1) is 5.82 Å². The highest BCUT2D eigenvalue weighted by molar-refractivity contribution is 6.31. The Morgan fingerprint density at radius 2 is 2.16 bits per heavy atom. The predicted molar refractivity (Wildman–Crippen MR) is 75.0 cm³/mol. The van der Waals surface area contributed by atoms with Crippen molar-refractivity contribution in [3.05, 3.63) is 29.0 Å². The van der Waals surface area contributed by atoms with Gasteiger partial charge in [0.2, 0.25) is 0 Å². The van der Waals surface area contributed by atoms with Crippen LogP contribution in [0.25, 0.3) is 0 Å². The van der Waals surface area contributed by atoms with Gasteiger partial charge >= 0.3 is 5.97 Å². The first kappa shape index (κ1) is 15.8. The van der Waals surface area contributed by atoms with Crippen LogP contribution in [0.15, 0.2) is 18.2 Å². The Balaban J connectivity index is 2.10. The molecule has 1 N–H and O–H groups in total. The maximum absolute atomic E-state index is 12.9. The number of unbranched alkanes of at least 4 members (excludes halogenated alkanes) is 2. The topological polar surface area (TPSA) is 38.3 Å². The molecule has 0 unspecified atom stereocenters. The van der Waals surface area contributed by atoms with Crippen molar-refractivity contribution in [1.82, 2.24) is 0 Å². The predicted octanol–water partition coefficient (Wildman–Crippen LogP) is 4.01. The van der Waals surface area contributed by atoms with E-state index in [0.29, 0.717) is 13.0 Å². The smallest absolute Gasteiger partial charge is 0.305 e. The van der Waals surface area contributed by atoms with Crippen molar-refractivity contribution < 1.29 is 13.9 Å². The second-order valence-corrected chi connectivity index (χ2v) is 4.58. The monoisotopic (exact) mass is 287 g/mol. The molecule has 0 aliphatic rings. The van der Waals surface area contributed by atoms with Crippen molar-refractivity contribution in [2.45, 2.75) is 32.6 Å². The molecule has 0 heterocycles. The van der Waals surface area contributed by atoms with Gasteiger partial charge < -0.3 is 10.1 Å². The minimum Gasteiger partial charge on any atom is -0.466 e. The first-order valence-corrected chi connectivity index (χ1v) is 6.86. The SMILES string of the molecule is CCOC(=O)CCCCCNc1ccc(F)c(Cl)c1. The highest BCUT2D eigenvalue weighted by atomic mass is 35.5. The summed E-state index contributed by atoms with van der Waals surface area (Å²) in [6.07, 6.45) is 3.18.